The number of rotatable bonds is 5. The average molecular weight is 386 g/mol. The standard InChI is InChI=1S/C25H26N2O2/c1-3-29-20-14-12-18(13-15-20)22-16-23(21-6-4-5-7-24(21)28)27-25(26-22)19-10-8-17(2)9-11-19/h4-16,23,25-28H,3H2,1-2H3. The van der Waals surface area contributed by atoms with Gasteiger partial charge < -0.3 is 15.2 Å². The quantitative estimate of drug-likeness (QED) is 0.573. The summed E-state index contributed by atoms with van der Waals surface area (Å²) < 4.78 is 5.57. The first-order valence-electron chi connectivity index (χ1n) is 9.96. The maximum Gasteiger partial charge on any atom is 0.120 e. The van der Waals surface area contributed by atoms with Crippen LogP contribution in [0.4, 0.5) is 0 Å². The normalized spacial score (nSPS) is 18.6. The molecule has 1 heterocycles. The molecule has 4 nitrogen and oxygen atoms in total. The summed E-state index contributed by atoms with van der Waals surface area (Å²) in [4.78, 5) is 0. The zero-order chi connectivity index (χ0) is 20.2. The van der Waals surface area contributed by atoms with Gasteiger partial charge in [0.1, 0.15) is 17.7 Å². The molecule has 0 bridgehead atoms. The fourth-order valence-corrected chi connectivity index (χ4v) is 3.59. The van der Waals surface area contributed by atoms with Crippen molar-refractivity contribution in [2.75, 3.05) is 6.61 Å². The second-order valence-corrected chi connectivity index (χ2v) is 7.23. The monoisotopic (exact) mass is 386 g/mol. The third kappa shape index (κ3) is 4.28. The molecule has 29 heavy (non-hydrogen) atoms. The molecule has 148 valence electrons. The lowest BCUT2D eigenvalue weighted by molar-refractivity contribution is 0.340. The van der Waals surface area contributed by atoms with Crippen molar-refractivity contribution in [1.29, 1.82) is 0 Å². The highest BCUT2D eigenvalue weighted by molar-refractivity contribution is 5.67. The first-order valence-corrected chi connectivity index (χ1v) is 9.96. The number of para-hydroxylation sites is 1. The Morgan fingerprint density at radius 2 is 1.66 bits per heavy atom. The Hall–Kier alpha value is -3.24. The lowest BCUT2D eigenvalue weighted by atomic mass is 9.97. The highest BCUT2D eigenvalue weighted by Crippen LogP contribution is 2.33. The van der Waals surface area contributed by atoms with Crippen molar-refractivity contribution in [2.45, 2.75) is 26.1 Å². The van der Waals surface area contributed by atoms with E-state index in [1.165, 1.54) is 5.56 Å². The SMILES string of the molecule is CCOc1ccc(C2=CC(c3ccccc3O)NC(c3ccc(C)cc3)N2)cc1. The van der Waals surface area contributed by atoms with Crippen molar-refractivity contribution < 1.29 is 9.84 Å². The second kappa shape index (κ2) is 8.41. The Kier molecular flexibility index (Phi) is 5.54. The van der Waals surface area contributed by atoms with Gasteiger partial charge in [-0.3, -0.25) is 5.32 Å². The van der Waals surface area contributed by atoms with Gasteiger partial charge in [0, 0.05) is 11.3 Å². The minimum atomic E-state index is -0.120. The number of hydrogen-bond donors (Lipinski definition) is 3. The van der Waals surface area contributed by atoms with Crippen molar-refractivity contribution in [2.24, 2.45) is 0 Å². The fraction of sp³-hybridized carbons (Fsp3) is 0.200. The molecule has 3 N–H and O–H groups in total. The molecule has 1 aliphatic rings. The summed E-state index contributed by atoms with van der Waals surface area (Å²) in [7, 11) is 0. The van der Waals surface area contributed by atoms with E-state index in [9.17, 15) is 5.11 Å². The van der Waals surface area contributed by atoms with E-state index in [1.54, 1.807) is 6.07 Å². The molecule has 0 saturated heterocycles. The molecule has 2 unspecified atom stereocenters. The van der Waals surface area contributed by atoms with Crippen molar-refractivity contribution in [3.05, 3.63) is 101 Å². The molecule has 0 fully saturated rings. The molecule has 0 saturated carbocycles. The van der Waals surface area contributed by atoms with E-state index in [-0.39, 0.29) is 18.0 Å². The average Bonchev–Trinajstić information content (AvgIpc) is 2.75. The minimum absolute atomic E-state index is 0.0771. The summed E-state index contributed by atoms with van der Waals surface area (Å²) in [5, 5.41) is 17.6. The van der Waals surface area contributed by atoms with Gasteiger partial charge in [0.05, 0.1) is 12.6 Å². The van der Waals surface area contributed by atoms with Crippen LogP contribution in [-0.2, 0) is 0 Å². The Morgan fingerprint density at radius 3 is 2.34 bits per heavy atom. The summed E-state index contributed by atoms with van der Waals surface area (Å²) in [6, 6.07) is 23.9. The number of hydrogen-bond acceptors (Lipinski definition) is 4. The lowest BCUT2D eigenvalue weighted by Crippen LogP contribution is -2.39. The van der Waals surface area contributed by atoms with E-state index in [0.717, 1.165) is 28.1 Å². The number of phenols is 1. The largest absolute Gasteiger partial charge is 0.508 e. The predicted octanol–water partition coefficient (Wildman–Crippen LogP) is 5.07. The third-order valence-electron chi connectivity index (χ3n) is 5.14. The van der Waals surface area contributed by atoms with Crippen LogP contribution in [0, 0.1) is 6.92 Å². The number of ether oxygens (including phenoxy) is 1. The summed E-state index contributed by atoms with van der Waals surface area (Å²) >= 11 is 0. The van der Waals surface area contributed by atoms with Crippen molar-refractivity contribution in [1.82, 2.24) is 10.6 Å². The fourth-order valence-electron chi connectivity index (χ4n) is 3.59. The van der Waals surface area contributed by atoms with Crippen molar-refractivity contribution >= 4 is 5.70 Å². The Bertz CT molecular complexity index is 994. The minimum Gasteiger partial charge on any atom is -0.508 e. The van der Waals surface area contributed by atoms with Gasteiger partial charge in [-0.05, 0) is 61.4 Å². The maximum atomic E-state index is 10.4. The van der Waals surface area contributed by atoms with Gasteiger partial charge in [-0.15, -0.1) is 0 Å². The van der Waals surface area contributed by atoms with Crippen LogP contribution in [0.2, 0.25) is 0 Å². The topological polar surface area (TPSA) is 53.5 Å². The van der Waals surface area contributed by atoms with Crippen LogP contribution in [0.5, 0.6) is 11.5 Å². The van der Waals surface area contributed by atoms with Gasteiger partial charge in [-0.2, -0.15) is 0 Å². The smallest absolute Gasteiger partial charge is 0.120 e. The Labute approximate surface area is 171 Å². The van der Waals surface area contributed by atoms with E-state index in [4.69, 9.17) is 4.74 Å². The molecule has 0 radical (unpaired) electrons. The summed E-state index contributed by atoms with van der Waals surface area (Å²) in [6.07, 6.45) is 2.04. The number of nitrogens with one attached hydrogen (secondary N) is 2. The van der Waals surface area contributed by atoms with Crippen LogP contribution < -0.4 is 15.4 Å². The zero-order valence-corrected chi connectivity index (χ0v) is 16.7. The Morgan fingerprint density at radius 1 is 0.931 bits per heavy atom. The number of aryl methyl sites for hydroxylation is 1. The second-order valence-electron chi connectivity index (χ2n) is 7.23. The van der Waals surface area contributed by atoms with Gasteiger partial charge in [0.25, 0.3) is 0 Å². The first kappa shape index (κ1) is 19.1. The van der Waals surface area contributed by atoms with E-state index in [2.05, 4.69) is 60.0 Å². The van der Waals surface area contributed by atoms with Crippen LogP contribution >= 0.6 is 0 Å². The van der Waals surface area contributed by atoms with Crippen LogP contribution in [0.1, 0.15) is 41.4 Å². The molecule has 4 rings (SSSR count). The summed E-state index contributed by atoms with van der Waals surface area (Å²) in [5.74, 6) is 1.15. The van der Waals surface area contributed by atoms with Crippen LogP contribution in [-0.4, -0.2) is 11.7 Å². The van der Waals surface area contributed by atoms with Gasteiger partial charge in [0.2, 0.25) is 0 Å². The van der Waals surface area contributed by atoms with E-state index >= 15 is 0 Å². The zero-order valence-electron chi connectivity index (χ0n) is 16.7. The molecular formula is C25H26N2O2. The van der Waals surface area contributed by atoms with Gasteiger partial charge >= 0.3 is 0 Å². The molecule has 3 aromatic rings. The molecule has 0 amide bonds. The van der Waals surface area contributed by atoms with E-state index in [0.29, 0.717) is 6.61 Å². The summed E-state index contributed by atoms with van der Waals surface area (Å²) in [6.45, 7) is 4.71. The lowest BCUT2D eigenvalue weighted by Gasteiger charge is -2.33. The highest BCUT2D eigenvalue weighted by atomic mass is 16.5. The van der Waals surface area contributed by atoms with Gasteiger partial charge in [-0.1, -0.05) is 48.0 Å². The molecule has 0 aromatic heterocycles. The summed E-state index contributed by atoms with van der Waals surface area (Å²) in [5.41, 5.74) is 5.32. The maximum absolute atomic E-state index is 10.4. The molecule has 0 spiro atoms. The van der Waals surface area contributed by atoms with Crippen LogP contribution in [0.3, 0.4) is 0 Å². The number of benzene rings is 3. The van der Waals surface area contributed by atoms with Crippen LogP contribution in [0.25, 0.3) is 5.70 Å². The molecule has 3 aromatic carbocycles. The molecular weight excluding hydrogens is 360 g/mol. The van der Waals surface area contributed by atoms with Crippen molar-refractivity contribution in [3.63, 3.8) is 0 Å². The third-order valence-corrected chi connectivity index (χ3v) is 5.14. The number of aromatic hydroxyl groups is 1. The molecule has 4 heteroatoms. The first-order chi connectivity index (χ1) is 14.1. The highest BCUT2D eigenvalue weighted by Gasteiger charge is 2.25. The predicted molar refractivity (Wildman–Crippen MR) is 117 cm³/mol. The number of phenolic OH excluding ortho intramolecular Hbond substituents is 1. The van der Waals surface area contributed by atoms with E-state index < -0.39 is 0 Å². The van der Waals surface area contributed by atoms with Crippen molar-refractivity contribution in [3.8, 4) is 11.5 Å². The molecule has 0 aliphatic carbocycles. The molecule has 1 aliphatic heterocycles. The Balaban J connectivity index is 1.71. The van der Waals surface area contributed by atoms with Crippen LogP contribution in [0.15, 0.2) is 78.9 Å². The van der Waals surface area contributed by atoms with Gasteiger partial charge in [0.15, 0.2) is 0 Å². The molecule has 2 atom stereocenters. The van der Waals surface area contributed by atoms with Gasteiger partial charge in [-0.25, -0.2) is 0 Å². The van der Waals surface area contributed by atoms with E-state index in [1.807, 2.05) is 37.3 Å².